The Balaban J connectivity index is 0.000000208. The van der Waals surface area contributed by atoms with Gasteiger partial charge in [-0.15, -0.1) is 13.2 Å². The summed E-state index contributed by atoms with van der Waals surface area (Å²) in [7, 11) is 0. The van der Waals surface area contributed by atoms with Gasteiger partial charge in [-0.25, -0.2) is 4.99 Å². The zero-order valence-corrected chi connectivity index (χ0v) is 19.3. The van der Waals surface area contributed by atoms with Gasteiger partial charge in [0.15, 0.2) is 0 Å². The van der Waals surface area contributed by atoms with E-state index in [4.69, 9.17) is 11.5 Å². The van der Waals surface area contributed by atoms with Gasteiger partial charge in [0.05, 0.1) is 5.69 Å². The van der Waals surface area contributed by atoms with Crippen molar-refractivity contribution in [3.8, 4) is 5.75 Å². The molecule has 1 aliphatic rings. The molecule has 0 saturated heterocycles. The van der Waals surface area contributed by atoms with Crippen LogP contribution in [0.1, 0.15) is 5.56 Å². The Labute approximate surface area is 209 Å². The number of fused-ring (bicyclic) bond motifs is 1. The fourth-order valence-electron chi connectivity index (χ4n) is 4.15. The Bertz CT molecular complexity index is 1560. The molecule has 0 atom stereocenters. The molecule has 188 valence electrons. The molecule has 1 heterocycles. The number of amidine groups is 1. The molecular formula is C28H22F4N4O. The van der Waals surface area contributed by atoms with Crippen LogP contribution in [-0.2, 0) is 0 Å². The van der Waals surface area contributed by atoms with Crippen LogP contribution in [0.4, 0.5) is 40.6 Å². The van der Waals surface area contributed by atoms with Crippen molar-refractivity contribution in [3.05, 3.63) is 103 Å². The maximum Gasteiger partial charge on any atom is 0.573 e. The first-order valence-corrected chi connectivity index (χ1v) is 11.0. The lowest BCUT2D eigenvalue weighted by Crippen LogP contribution is -2.18. The quantitative estimate of drug-likeness (QED) is 0.172. The maximum atomic E-state index is 12.2. The van der Waals surface area contributed by atoms with Crippen molar-refractivity contribution in [1.82, 2.24) is 0 Å². The molecule has 37 heavy (non-hydrogen) atoms. The van der Waals surface area contributed by atoms with Gasteiger partial charge >= 0.3 is 6.36 Å². The van der Waals surface area contributed by atoms with Crippen molar-refractivity contribution >= 4 is 50.1 Å². The fourth-order valence-corrected chi connectivity index (χ4v) is 4.15. The van der Waals surface area contributed by atoms with Gasteiger partial charge in [-0.2, -0.15) is 0 Å². The first-order chi connectivity index (χ1) is 17.3. The summed E-state index contributed by atoms with van der Waals surface area (Å²) >= 11 is 0. The smallest absolute Gasteiger partial charge is 0.406 e. The largest absolute Gasteiger partial charge is 0.573 e. The molecule has 5 aromatic rings. The van der Waals surface area contributed by atoms with Gasteiger partial charge in [0, 0.05) is 33.4 Å². The summed E-state index contributed by atoms with van der Waals surface area (Å²) in [6.07, 6.45) is -4.70. The van der Waals surface area contributed by atoms with E-state index in [1.165, 1.54) is 12.1 Å². The van der Waals surface area contributed by atoms with E-state index in [1.54, 1.807) is 12.1 Å². The van der Waals surface area contributed by atoms with E-state index in [2.05, 4.69) is 15.0 Å². The van der Waals surface area contributed by atoms with Crippen molar-refractivity contribution in [1.29, 1.82) is 0 Å². The number of alkyl halides is 3. The Morgan fingerprint density at radius 1 is 0.676 bits per heavy atom. The van der Waals surface area contributed by atoms with Crippen LogP contribution in [0.5, 0.6) is 5.75 Å². The van der Waals surface area contributed by atoms with E-state index in [0.717, 1.165) is 44.3 Å². The van der Waals surface area contributed by atoms with E-state index >= 15 is 0 Å². The number of hydrogen-bond donors (Lipinski definition) is 3. The molecule has 1 aliphatic heterocycles. The van der Waals surface area contributed by atoms with Gasteiger partial charge in [-0.05, 0) is 59.3 Å². The molecular weight excluding hydrogens is 484 g/mol. The van der Waals surface area contributed by atoms with Gasteiger partial charge < -0.3 is 21.5 Å². The number of hydrogen-bond acceptors (Lipinski definition) is 5. The van der Waals surface area contributed by atoms with Crippen LogP contribution in [0.15, 0.2) is 102 Å². The van der Waals surface area contributed by atoms with Gasteiger partial charge in [0.2, 0.25) is 0 Å². The fraction of sp³-hybridized carbons (Fsp3) is 0.0357. The summed E-state index contributed by atoms with van der Waals surface area (Å²) in [4.78, 5) is 4.58. The normalized spacial score (nSPS) is 12.0. The van der Waals surface area contributed by atoms with Crippen LogP contribution in [0.3, 0.4) is 0 Å². The van der Waals surface area contributed by atoms with Crippen LogP contribution in [-0.4, -0.2) is 12.2 Å². The molecule has 0 aliphatic carbocycles. The lowest BCUT2D eigenvalue weighted by molar-refractivity contribution is -0.274. The summed E-state index contributed by atoms with van der Waals surface area (Å²) in [6.45, 7) is 0. The highest BCUT2D eigenvalue weighted by atomic mass is 19.4. The van der Waals surface area contributed by atoms with E-state index in [0.29, 0.717) is 11.4 Å². The third kappa shape index (κ3) is 5.40. The average molecular weight is 507 g/mol. The van der Waals surface area contributed by atoms with Crippen molar-refractivity contribution in [2.24, 2.45) is 4.99 Å². The minimum absolute atomic E-state index is 0. The Morgan fingerprint density at radius 3 is 1.78 bits per heavy atom. The summed E-state index contributed by atoms with van der Waals surface area (Å²) < 4.78 is 40.6. The first kappa shape index (κ1) is 25.3. The van der Waals surface area contributed by atoms with Crippen LogP contribution >= 0.6 is 0 Å². The molecule has 5 N–H and O–H groups in total. The van der Waals surface area contributed by atoms with E-state index < -0.39 is 6.36 Å². The van der Waals surface area contributed by atoms with Crippen LogP contribution in [0, 0.1) is 0 Å². The summed E-state index contributed by atoms with van der Waals surface area (Å²) in [6, 6.07) is 28.9. The number of halogens is 4. The predicted octanol–water partition coefficient (Wildman–Crippen LogP) is 7.40. The van der Waals surface area contributed by atoms with Gasteiger partial charge in [0.25, 0.3) is 0 Å². The standard InChI is InChI=1S/C18H11F3N2O.C10H10N2.FH/c19-18(20,21)24-13-9-7-12(8-10-13)17-22-14-5-1-3-11-4-2-6-15(23-17)16(11)14;11-8-5-1-3-7-4-2-6-9(12)10(7)8;/h1-10H,(H,22,23);1-6H,11-12H2;1H. The highest BCUT2D eigenvalue weighted by Crippen LogP contribution is 2.36. The molecule has 0 spiro atoms. The number of rotatable bonds is 2. The molecule has 0 radical (unpaired) electrons. The monoisotopic (exact) mass is 506 g/mol. The number of benzene rings is 5. The molecule has 0 aromatic heterocycles. The zero-order chi connectivity index (χ0) is 25.3. The molecule has 0 unspecified atom stereocenters. The summed E-state index contributed by atoms with van der Waals surface area (Å²) in [5.74, 6) is 0.324. The number of aliphatic imine (C=N–C) groups is 1. The van der Waals surface area contributed by atoms with E-state index in [-0.39, 0.29) is 10.5 Å². The Kier molecular flexibility index (Phi) is 6.88. The predicted molar refractivity (Wildman–Crippen MR) is 142 cm³/mol. The number of nitrogens with one attached hydrogen (secondary N) is 1. The molecule has 5 nitrogen and oxygen atoms in total. The number of ether oxygens (including phenoxy) is 1. The molecule has 0 amide bonds. The highest BCUT2D eigenvalue weighted by Gasteiger charge is 2.31. The van der Waals surface area contributed by atoms with E-state index in [9.17, 15) is 13.2 Å². The van der Waals surface area contributed by atoms with Gasteiger partial charge in [0.1, 0.15) is 11.6 Å². The molecule has 6 rings (SSSR count). The lowest BCUT2D eigenvalue weighted by atomic mass is 10.0. The molecule has 5 aromatic carbocycles. The maximum absolute atomic E-state index is 12.2. The number of nitrogens with two attached hydrogens (primary N) is 2. The molecule has 0 saturated carbocycles. The van der Waals surface area contributed by atoms with Crippen LogP contribution in [0.25, 0.3) is 21.5 Å². The van der Waals surface area contributed by atoms with Gasteiger partial charge in [-0.3, -0.25) is 4.70 Å². The van der Waals surface area contributed by atoms with Crippen LogP contribution in [0.2, 0.25) is 0 Å². The second-order valence-electron chi connectivity index (χ2n) is 8.13. The Hall–Kier alpha value is -4.79. The topological polar surface area (TPSA) is 85.7 Å². The minimum atomic E-state index is -4.70. The second kappa shape index (κ2) is 10.1. The minimum Gasteiger partial charge on any atom is -0.406 e. The van der Waals surface area contributed by atoms with E-state index in [1.807, 2.05) is 72.8 Å². The number of nitrogen functional groups attached to an aromatic ring is 2. The highest BCUT2D eigenvalue weighted by molar-refractivity contribution is 6.19. The van der Waals surface area contributed by atoms with Crippen molar-refractivity contribution in [3.63, 3.8) is 0 Å². The van der Waals surface area contributed by atoms with Crippen molar-refractivity contribution in [2.45, 2.75) is 6.36 Å². The molecule has 0 fully saturated rings. The van der Waals surface area contributed by atoms with Crippen molar-refractivity contribution < 1.29 is 22.6 Å². The molecule has 0 bridgehead atoms. The summed E-state index contributed by atoms with van der Waals surface area (Å²) in [5.41, 5.74) is 15.5. The Morgan fingerprint density at radius 2 is 1.22 bits per heavy atom. The zero-order valence-electron chi connectivity index (χ0n) is 19.3. The summed E-state index contributed by atoms with van der Waals surface area (Å²) in [5, 5.41) is 7.39. The number of nitrogens with zero attached hydrogens (tertiary/aromatic N) is 1. The lowest BCUT2D eigenvalue weighted by Gasteiger charge is -2.19. The number of anilines is 3. The third-order valence-corrected chi connectivity index (χ3v) is 5.70. The SMILES string of the molecule is F.FC(F)(F)Oc1ccc(C2=Nc3cccc4cccc(c34)N2)cc1.Nc1cccc2cccc(N)c12. The van der Waals surface area contributed by atoms with Crippen LogP contribution < -0.4 is 21.5 Å². The third-order valence-electron chi connectivity index (χ3n) is 5.70. The van der Waals surface area contributed by atoms with Gasteiger partial charge in [-0.1, -0.05) is 48.5 Å². The van der Waals surface area contributed by atoms with Crippen molar-refractivity contribution in [2.75, 3.05) is 16.8 Å². The second-order valence-corrected chi connectivity index (χ2v) is 8.13. The average Bonchev–Trinajstić information content (AvgIpc) is 2.84. The first-order valence-electron chi connectivity index (χ1n) is 11.0. The molecule has 9 heteroatoms.